The molecule has 0 rings (SSSR count). The standard InChI is InChI=1S/C5H10O4.CH2Cl2/c1-4(7)5(8)9-3-2-6;2-1-3/h4,6-7H,2-3H2,1H3;1H2. The summed E-state index contributed by atoms with van der Waals surface area (Å²) in [5.41, 5.74) is 0. The maximum absolute atomic E-state index is 10.3. The molecular formula is C6H12Cl2O4. The maximum atomic E-state index is 10.3. The summed E-state index contributed by atoms with van der Waals surface area (Å²) >= 11 is 9.53. The Labute approximate surface area is 81.0 Å². The lowest BCUT2D eigenvalue weighted by atomic mass is 10.4. The Bertz CT molecular complexity index is 108. The highest BCUT2D eigenvalue weighted by molar-refractivity contribution is 6.40. The molecule has 0 spiro atoms. The van der Waals surface area contributed by atoms with Gasteiger partial charge in [0.15, 0.2) is 0 Å². The van der Waals surface area contributed by atoms with Crippen LogP contribution in [0.25, 0.3) is 0 Å². The molecule has 0 amide bonds. The van der Waals surface area contributed by atoms with Crippen LogP contribution >= 0.6 is 23.2 Å². The van der Waals surface area contributed by atoms with E-state index in [4.69, 9.17) is 33.4 Å². The van der Waals surface area contributed by atoms with Gasteiger partial charge in [-0.25, -0.2) is 4.79 Å². The molecule has 4 nitrogen and oxygen atoms in total. The number of esters is 1. The van der Waals surface area contributed by atoms with E-state index >= 15 is 0 Å². The van der Waals surface area contributed by atoms with Crippen LogP contribution in [0.1, 0.15) is 6.92 Å². The highest BCUT2D eigenvalue weighted by atomic mass is 35.5. The molecule has 0 fully saturated rings. The Morgan fingerprint density at radius 1 is 1.58 bits per heavy atom. The minimum Gasteiger partial charge on any atom is -0.461 e. The number of hydrogen-bond donors (Lipinski definition) is 2. The molecule has 0 aliphatic rings. The van der Waals surface area contributed by atoms with E-state index in [0.717, 1.165) is 0 Å². The molecule has 0 heterocycles. The van der Waals surface area contributed by atoms with Crippen molar-refractivity contribution in [3.63, 3.8) is 0 Å². The fraction of sp³-hybridized carbons (Fsp3) is 0.833. The third kappa shape index (κ3) is 12.6. The van der Waals surface area contributed by atoms with Gasteiger partial charge in [0.05, 0.1) is 11.9 Å². The fourth-order valence-corrected chi connectivity index (χ4v) is 0.267. The second-order valence-corrected chi connectivity index (χ2v) is 2.48. The van der Waals surface area contributed by atoms with Crippen molar-refractivity contribution in [3.8, 4) is 0 Å². The number of ether oxygens (including phenoxy) is 1. The molecular weight excluding hydrogens is 207 g/mol. The zero-order valence-corrected chi connectivity index (χ0v) is 8.18. The lowest BCUT2D eigenvalue weighted by molar-refractivity contribution is -0.153. The van der Waals surface area contributed by atoms with Crippen molar-refractivity contribution in [3.05, 3.63) is 0 Å². The van der Waals surface area contributed by atoms with Gasteiger partial charge in [0, 0.05) is 0 Å². The van der Waals surface area contributed by atoms with Crippen molar-refractivity contribution >= 4 is 29.2 Å². The summed E-state index contributed by atoms with van der Waals surface area (Å²) in [7, 11) is 0. The Morgan fingerprint density at radius 3 is 2.25 bits per heavy atom. The number of rotatable bonds is 3. The largest absolute Gasteiger partial charge is 0.461 e. The Morgan fingerprint density at radius 2 is 2.00 bits per heavy atom. The molecule has 0 aliphatic heterocycles. The van der Waals surface area contributed by atoms with Crippen LogP contribution in [0, 0.1) is 0 Å². The Hall–Kier alpha value is -0.0300. The maximum Gasteiger partial charge on any atom is 0.334 e. The lowest BCUT2D eigenvalue weighted by Gasteiger charge is -2.02. The van der Waals surface area contributed by atoms with Crippen LogP contribution in [-0.4, -0.2) is 40.8 Å². The highest BCUT2D eigenvalue weighted by Gasteiger charge is 2.08. The first kappa shape index (κ1) is 14.5. The summed E-state index contributed by atoms with van der Waals surface area (Å²) < 4.78 is 4.31. The second kappa shape index (κ2) is 11.0. The molecule has 12 heavy (non-hydrogen) atoms. The van der Waals surface area contributed by atoms with Gasteiger partial charge in [-0.2, -0.15) is 0 Å². The Kier molecular flexibility index (Phi) is 13.2. The van der Waals surface area contributed by atoms with Crippen molar-refractivity contribution in [2.45, 2.75) is 13.0 Å². The van der Waals surface area contributed by atoms with Crippen molar-refractivity contribution in [2.75, 3.05) is 18.6 Å². The molecule has 0 aromatic heterocycles. The number of halogens is 2. The summed E-state index contributed by atoms with van der Waals surface area (Å²) in [4.78, 5) is 10.3. The third-order valence-electron chi connectivity index (χ3n) is 0.677. The minimum absolute atomic E-state index is 0.0519. The van der Waals surface area contributed by atoms with Crippen molar-refractivity contribution < 1.29 is 19.7 Å². The predicted molar refractivity (Wildman–Crippen MR) is 46.3 cm³/mol. The number of hydrogen-bond acceptors (Lipinski definition) is 4. The molecule has 2 N–H and O–H groups in total. The van der Waals surface area contributed by atoms with Gasteiger partial charge in [-0.15, -0.1) is 23.2 Å². The van der Waals surface area contributed by atoms with Gasteiger partial charge in [0.25, 0.3) is 0 Å². The van der Waals surface area contributed by atoms with E-state index in [1.807, 2.05) is 0 Å². The first-order chi connectivity index (χ1) is 5.59. The van der Waals surface area contributed by atoms with Crippen molar-refractivity contribution in [2.24, 2.45) is 0 Å². The van der Waals surface area contributed by atoms with E-state index in [2.05, 4.69) is 4.74 Å². The van der Waals surface area contributed by atoms with Crippen LogP contribution in [-0.2, 0) is 9.53 Å². The van der Waals surface area contributed by atoms with E-state index in [1.165, 1.54) is 6.92 Å². The van der Waals surface area contributed by atoms with Gasteiger partial charge in [-0.05, 0) is 6.92 Å². The predicted octanol–water partition coefficient (Wildman–Crippen LogP) is 0.324. The number of alkyl halides is 2. The van der Waals surface area contributed by atoms with Gasteiger partial charge in [-0.3, -0.25) is 0 Å². The topological polar surface area (TPSA) is 66.8 Å². The summed E-state index contributed by atoms with van der Waals surface area (Å²) in [6.07, 6.45) is -1.10. The van der Waals surface area contributed by atoms with E-state index in [0.29, 0.717) is 0 Å². The molecule has 0 aromatic carbocycles. The normalized spacial score (nSPS) is 11.1. The van der Waals surface area contributed by atoms with Gasteiger partial charge in [0.2, 0.25) is 0 Å². The molecule has 1 unspecified atom stereocenters. The summed E-state index contributed by atoms with van der Waals surface area (Å²) in [6.45, 7) is 1.04. The first-order valence-corrected chi connectivity index (χ1v) is 4.24. The van der Waals surface area contributed by atoms with Gasteiger partial charge in [-0.1, -0.05) is 0 Å². The number of carbonyl (C=O) groups excluding carboxylic acids is 1. The average Bonchev–Trinajstić information content (AvgIpc) is 2.01. The molecule has 1 atom stereocenters. The van der Waals surface area contributed by atoms with Gasteiger partial charge >= 0.3 is 5.97 Å². The fourth-order valence-electron chi connectivity index (χ4n) is 0.267. The summed E-state index contributed by atoms with van der Waals surface area (Å²) in [5.74, 6) is -0.705. The van der Waals surface area contributed by atoms with Crippen LogP contribution in [0.15, 0.2) is 0 Å². The molecule has 74 valence electrons. The van der Waals surface area contributed by atoms with Crippen LogP contribution in [0.5, 0.6) is 0 Å². The lowest BCUT2D eigenvalue weighted by Crippen LogP contribution is -2.20. The molecule has 0 aliphatic carbocycles. The summed E-state index contributed by atoms with van der Waals surface area (Å²) in [5, 5.41) is 16.8. The third-order valence-corrected chi connectivity index (χ3v) is 0.677. The highest BCUT2D eigenvalue weighted by Crippen LogP contribution is 1.84. The molecule has 0 aromatic rings. The van der Waals surface area contributed by atoms with Gasteiger partial charge in [0.1, 0.15) is 12.7 Å². The quantitative estimate of drug-likeness (QED) is 0.530. The number of carbonyl (C=O) groups is 1. The van der Waals surface area contributed by atoms with E-state index < -0.39 is 12.1 Å². The van der Waals surface area contributed by atoms with E-state index in [1.54, 1.807) is 0 Å². The monoisotopic (exact) mass is 218 g/mol. The molecule has 0 bridgehead atoms. The second-order valence-electron chi connectivity index (χ2n) is 1.67. The molecule has 0 saturated heterocycles. The molecule has 0 radical (unpaired) electrons. The number of aliphatic hydroxyl groups is 2. The Balaban J connectivity index is 0. The van der Waals surface area contributed by atoms with E-state index in [9.17, 15) is 4.79 Å². The zero-order valence-electron chi connectivity index (χ0n) is 6.67. The SMILES string of the molecule is CC(O)C(=O)OCCO.ClCCl. The minimum atomic E-state index is -1.10. The molecule has 6 heteroatoms. The van der Waals surface area contributed by atoms with Crippen LogP contribution in [0.4, 0.5) is 0 Å². The average molecular weight is 219 g/mol. The van der Waals surface area contributed by atoms with Crippen LogP contribution < -0.4 is 0 Å². The number of aliphatic hydroxyl groups excluding tert-OH is 2. The van der Waals surface area contributed by atoms with Crippen molar-refractivity contribution in [1.82, 2.24) is 0 Å². The van der Waals surface area contributed by atoms with E-state index in [-0.39, 0.29) is 18.6 Å². The smallest absolute Gasteiger partial charge is 0.334 e. The molecule has 0 saturated carbocycles. The first-order valence-electron chi connectivity index (χ1n) is 3.17. The van der Waals surface area contributed by atoms with Crippen LogP contribution in [0.3, 0.4) is 0 Å². The van der Waals surface area contributed by atoms with Crippen molar-refractivity contribution in [1.29, 1.82) is 0 Å². The van der Waals surface area contributed by atoms with Crippen LogP contribution in [0.2, 0.25) is 0 Å². The van der Waals surface area contributed by atoms with Gasteiger partial charge < -0.3 is 14.9 Å². The summed E-state index contributed by atoms with van der Waals surface area (Å²) in [6, 6.07) is 0. The zero-order chi connectivity index (χ0) is 9.98.